The summed E-state index contributed by atoms with van der Waals surface area (Å²) in [6, 6.07) is 1.26. The molecule has 2 aromatic rings. The molecule has 0 aliphatic heterocycles. The minimum Gasteiger partial charge on any atom is -0.366 e. The van der Waals surface area contributed by atoms with E-state index in [9.17, 15) is 20.2 Å². The Kier molecular flexibility index (Phi) is 2.81. The summed E-state index contributed by atoms with van der Waals surface area (Å²) in [7, 11) is 3.03. The number of nitro groups is 2. The van der Waals surface area contributed by atoms with E-state index in [0.29, 0.717) is 5.82 Å². The predicted molar refractivity (Wildman–Crippen MR) is 68.5 cm³/mol. The van der Waals surface area contributed by atoms with Gasteiger partial charge in [-0.05, 0) is 6.92 Å². The molecule has 0 amide bonds. The molecule has 1 aromatic heterocycles. The van der Waals surface area contributed by atoms with Gasteiger partial charge in [-0.25, -0.2) is 4.98 Å². The highest BCUT2D eigenvalue weighted by Gasteiger charge is 2.32. The molecule has 0 aliphatic rings. The largest absolute Gasteiger partial charge is 0.366 e. The van der Waals surface area contributed by atoms with Crippen LogP contribution in [0.2, 0.25) is 0 Å². The Morgan fingerprint density at radius 2 is 1.89 bits per heavy atom. The molecule has 1 heterocycles. The number of aryl methyl sites for hydroxylation is 1. The van der Waals surface area contributed by atoms with Gasteiger partial charge in [0.2, 0.25) is 0 Å². The molecular weight excluding hydrogens is 254 g/mol. The fourth-order valence-corrected chi connectivity index (χ4v) is 1.99. The maximum atomic E-state index is 11.2. The van der Waals surface area contributed by atoms with Gasteiger partial charge in [0.05, 0.1) is 15.4 Å². The molecule has 9 heteroatoms. The minimum absolute atomic E-state index is 0.0611. The predicted octanol–water partition coefficient (Wildman–Crippen LogP) is 1.75. The van der Waals surface area contributed by atoms with Crippen molar-refractivity contribution >= 4 is 28.1 Å². The van der Waals surface area contributed by atoms with Crippen LogP contribution >= 0.6 is 0 Å². The zero-order chi connectivity index (χ0) is 14.3. The van der Waals surface area contributed by atoms with Crippen molar-refractivity contribution in [1.29, 1.82) is 0 Å². The number of rotatable bonds is 3. The second-order valence-corrected chi connectivity index (χ2v) is 4.22. The summed E-state index contributed by atoms with van der Waals surface area (Å²) in [6.45, 7) is 1.63. The van der Waals surface area contributed by atoms with Gasteiger partial charge in [-0.3, -0.25) is 20.2 Å². The van der Waals surface area contributed by atoms with Crippen molar-refractivity contribution < 1.29 is 9.85 Å². The Bertz CT molecular complexity index is 691. The quantitative estimate of drug-likeness (QED) is 0.667. The molecular formula is C10H11N5O4. The van der Waals surface area contributed by atoms with Gasteiger partial charge >= 0.3 is 11.4 Å². The number of nitrogens with zero attached hydrogens (tertiary/aromatic N) is 4. The zero-order valence-electron chi connectivity index (χ0n) is 10.5. The summed E-state index contributed by atoms with van der Waals surface area (Å²) in [5.74, 6) is 0.461. The summed E-state index contributed by atoms with van der Waals surface area (Å²) >= 11 is 0. The molecule has 0 spiro atoms. The monoisotopic (exact) mass is 265 g/mol. The van der Waals surface area contributed by atoms with E-state index in [1.165, 1.54) is 25.1 Å². The number of benzene rings is 1. The van der Waals surface area contributed by atoms with Gasteiger partial charge in [0, 0.05) is 20.2 Å². The normalized spacial score (nSPS) is 10.7. The van der Waals surface area contributed by atoms with Crippen LogP contribution in [0.4, 0.5) is 17.1 Å². The van der Waals surface area contributed by atoms with Gasteiger partial charge in [0.25, 0.3) is 0 Å². The summed E-state index contributed by atoms with van der Waals surface area (Å²) < 4.78 is 0. The van der Waals surface area contributed by atoms with Gasteiger partial charge in [-0.2, -0.15) is 0 Å². The van der Waals surface area contributed by atoms with Crippen molar-refractivity contribution in [2.24, 2.45) is 0 Å². The fraction of sp³-hybridized carbons (Fsp3) is 0.300. The first-order chi connectivity index (χ1) is 8.82. The smallest absolute Gasteiger partial charge is 0.327 e. The average Bonchev–Trinajstić information content (AvgIpc) is 2.65. The van der Waals surface area contributed by atoms with Crippen LogP contribution < -0.4 is 4.90 Å². The maximum Gasteiger partial charge on any atom is 0.327 e. The number of nitrogens with one attached hydrogen (secondary N) is 1. The Balaban J connectivity index is 2.99. The summed E-state index contributed by atoms with van der Waals surface area (Å²) in [6.07, 6.45) is 0. The number of anilines is 1. The van der Waals surface area contributed by atoms with Crippen molar-refractivity contribution in [2.45, 2.75) is 6.92 Å². The van der Waals surface area contributed by atoms with Gasteiger partial charge in [-0.1, -0.05) is 0 Å². The standard InChI is InChI=1S/C10H11N5O4/c1-5-11-6-4-7(14(16)17)9(13(2)3)10(15(18)19)8(6)12-5/h4H,1-3H3,(H,11,12). The molecule has 9 nitrogen and oxygen atoms in total. The number of nitro benzene ring substituents is 2. The van der Waals surface area contributed by atoms with Crippen LogP contribution in [-0.2, 0) is 0 Å². The number of fused-ring (bicyclic) bond motifs is 1. The van der Waals surface area contributed by atoms with Gasteiger partial charge in [0.15, 0.2) is 11.2 Å². The number of hydrogen-bond donors (Lipinski definition) is 1. The highest BCUT2D eigenvalue weighted by molar-refractivity contribution is 5.97. The Morgan fingerprint density at radius 3 is 2.37 bits per heavy atom. The average molecular weight is 265 g/mol. The number of aromatic amines is 1. The van der Waals surface area contributed by atoms with Crippen LogP contribution in [0.25, 0.3) is 11.0 Å². The molecule has 0 aliphatic carbocycles. The molecule has 19 heavy (non-hydrogen) atoms. The van der Waals surface area contributed by atoms with Crippen molar-refractivity contribution in [1.82, 2.24) is 9.97 Å². The molecule has 0 radical (unpaired) electrons. The lowest BCUT2D eigenvalue weighted by molar-refractivity contribution is -0.391. The highest BCUT2D eigenvalue weighted by atomic mass is 16.6. The minimum atomic E-state index is -0.648. The summed E-state index contributed by atoms with van der Waals surface area (Å²) in [5, 5.41) is 22.3. The Labute approximate surface area is 107 Å². The van der Waals surface area contributed by atoms with Crippen LogP contribution in [0.5, 0.6) is 0 Å². The number of aromatic nitrogens is 2. The van der Waals surface area contributed by atoms with Crippen LogP contribution in [-0.4, -0.2) is 33.9 Å². The molecule has 100 valence electrons. The van der Waals surface area contributed by atoms with E-state index in [-0.39, 0.29) is 28.1 Å². The van der Waals surface area contributed by atoms with E-state index in [1.54, 1.807) is 6.92 Å². The lowest BCUT2D eigenvalue weighted by Crippen LogP contribution is -2.13. The lowest BCUT2D eigenvalue weighted by Gasteiger charge is -2.12. The first-order valence-electron chi connectivity index (χ1n) is 5.32. The van der Waals surface area contributed by atoms with E-state index in [4.69, 9.17) is 0 Å². The molecule has 2 rings (SSSR count). The fourth-order valence-electron chi connectivity index (χ4n) is 1.99. The highest BCUT2D eigenvalue weighted by Crippen LogP contribution is 2.41. The van der Waals surface area contributed by atoms with Gasteiger partial charge in [0.1, 0.15) is 5.82 Å². The molecule has 0 atom stereocenters. The first-order valence-corrected chi connectivity index (χ1v) is 5.32. The van der Waals surface area contributed by atoms with Crippen molar-refractivity contribution in [3.05, 3.63) is 32.1 Å². The van der Waals surface area contributed by atoms with E-state index in [0.717, 1.165) is 0 Å². The van der Waals surface area contributed by atoms with Crippen LogP contribution in [0.1, 0.15) is 5.82 Å². The van der Waals surface area contributed by atoms with Crippen LogP contribution in [0.15, 0.2) is 6.07 Å². The second kappa shape index (κ2) is 4.19. The molecule has 0 bridgehead atoms. The second-order valence-electron chi connectivity index (χ2n) is 4.22. The molecule has 0 saturated heterocycles. The van der Waals surface area contributed by atoms with E-state index < -0.39 is 9.85 Å². The van der Waals surface area contributed by atoms with E-state index in [1.807, 2.05) is 0 Å². The summed E-state index contributed by atoms with van der Waals surface area (Å²) in [4.78, 5) is 29.2. The number of H-pyrrole nitrogens is 1. The number of hydrogen-bond acceptors (Lipinski definition) is 6. The van der Waals surface area contributed by atoms with Crippen LogP contribution in [0, 0.1) is 27.2 Å². The third-order valence-corrected chi connectivity index (χ3v) is 2.65. The SMILES string of the molecule is Cc1nc2c([N+](=O)[O-])c(N(C)C)c([N+](=O)[O-])cc2[nH]1. The Hall–Kier alpha value is -2.71. The third-order valence-electron chi connectivity index (χ3n) is 2.65. The molecule has 0 unspecified atom stereocenters. The van der Waals surface area contributed by atoms with Gasteiger partial charge < -0.3 is 9.88 Å². The lowest BCUT2D eigenvalue weighted by atomic mass is 10.2. The topological polar surface area (TPSA) is 118 Å². The molecule has 0 saturated carbocycles. The van der Waals surface area contributed by atoms with Crippen LogP contribution in [0.3, 0.4) is 0 Å². The summed E-state index contributed by atoms with van der Waals surface area (Å²) in [5.41, 5.74) is -0.348. The molecule has 1 aromatic carbocycles. The van der Waals surface area contributed by atoms with Crippen molar-refractivity contribution in [3.63, 3.8) is 0 Å². The van der Waals surface area contributed by atoms with Crippen molar-refractivity contribution in [3.8, 4) is 0 Å². The first kappa shape index (κ1) is 12.7. The maximum absolute atomic E-state index is 11.2. The molecule has 1 N–H and O–H groups in total. The molecule has 0 fully saturated rings. The van der Waals surface area contributed by atoms with E-state index in [2.05, 4.69) is 9.97 Å². The van der Waals surface area contributed by atoms with Crippen molar-refractivity contribution in [2.75, 3.05) is 19.0 Å². The zero-order valence-corrected chi connectivity index (χ0v) is 10.5. The third kappa shape index (κ3) is 1.94. The van der Waals surface area contributed by atoms with Gasteiger partial charge in [-0.15, -0.1) is 0 Å². The Morgan fingerprint density at radius 1 is 1.26 bits per heavy atom. The van der Waals surface area contributed by atoms with E-state index >= 15 is 0 Å². The number of imidazole rings is 1.